The van der Waals surface area contributed by atoms with Crippen molar-refractivity contribution in [3.63, 3.8) is 0 Å². The van der Waals surface area contributed by atoms with Gasteiger partial charge in [-0.1, -0.05) is 18.0 Å². The first-order chi connectivity index (χ1) is 11.6. The Morgan fingerprint density at radius 3 is 2.67 bits per heavy atom. The van der Waals surface area contributed by atoms with Crippen molar-refractivity contribution in [2.75, 3.05) is 13.1 Å². The van der Waals surface area contributed by atoms with Crippen molar-refractivity contribution >= 4 is 5.91 Å². The van der Waals surface area contributed by atoms with Crippen LogP contribution >= 0.6 is 0 Å². The topological polar surface area (TPSA) is 106 Å². The summed E-state index contributed by atoms with van der Waals surface area (Å²) in [4.78, 5) is 20.7. The van der Waals surface area contributed by atoms with Gasteiger partial charge in [0.2, 0.25) is 11.8 Å². The number of hydrogen-bond donors (Lipinski definition) is 2. The van der Waals surface area contributed by atoms with Crippen molar-refractivity contribution < 1.29 is 13.7 Å². The van der Waals surface area contributed by atoms with Crippen LogP contribution in [0.25, 0.3) is 11.6 Å². The summed E-state index contributed by atoms with van der Waals surface area (Å²) in [5.74, 6) is 2.48. The van der Waals surface area contributed by atoms with Crippen LogP contribution in [0, 0.1) is 6.92 Å². The first-order valence-electron chi connectivity index (χ1n) is 8.39. The first-order valence-corrected chi connectivity index (χ1v) is 8.39. The third-order valence-corrected chi connectivity index (χ3v) is 4.87. The summed E-state index contributed by atoms with van der Waals surface area (Å²) in [5, 5.41) is 10.4. The molecule has 1 aliphatic heterocycles. The third kappa shape index (κ3) is 2.50. The van der Waals surface area contributed by atoms with Crippen molar-refractivity contribution in [3.05, 3.63) is 17.5 Å². The van der Waals surface area contributed by atoms with Crippen molar-refractivity contribution in [2.45, 2.75) is 51.0 Å². The van der Waals surface area contributed by atoms with E-state index in [4.69, 9.17) is 8.94 Å². The lowest BCUT2D eigenvalue weighted by Crippen LogP contribution is -2.43. The molecule has 8 heteroatoms. The van der Waals surface area contributed by atoms with Crippen molar-refractivity contribution in [1.82, 2.24) is 25.8 Å². The Kier molecular flexibility index (Phi) is 3.64. The molecule has 3 heterocycles. The zero-order valence-electron chi connectivity index (χ0n) is 13.9. The largest absolute Gasteiger partial charge is 0.445 e. The second kappa shape index (κ2) is 5.70. The van der Waals surface area contributed by atoms with Crippen molar-refractivity contribution in [1.29, 1.82) is 0 Å². The quantitative estimate of drug-likeness (QED) is 0.877. The summed E-state index contributed by atoms with van der Waals surface area (Å²) in [6.45, 7) is 5.11. The number of oxazole rings is 1. The lowest BCUT2D eigenvalue weighted by molar-refractivity contribution is -0.121. The number of hydrogen-bond acceptors (Lipinski definition) is 7. The Balaban J connectivity index is 1.64. The minimum atomic E-state index is -0.522. The lowest BCUT2D eigenvalue weighted by Gasteiger charge is -2.25. The van der Waals surface area contributed by atoms with Crippen LogP contribution in [-0.4, -0.2) is 34.1 Å². The van der Waals surface area contributed by atoms with E-state index in [1.165, 1.54) is 6.92 Å². The van der Waals surface area contributed by atoms with Crippen LogP contribution in [0.3, 0.4) is 0 Å². The number of nitrogens with zero attached hydrogens (tertiary/aromatic N) is 3. The number of amides is 1. The molecule has 24 heavy (non-hydrogen) atoms. The molecule has 2 aliphatic rings. The van der Waals surface area contributed by atoms with E-state index in [-0.39, 0.29) is 5.91 Å². The molecule has 0 unspecified atom stereocenters. The van der Waals surface area contributed by atoms with Gasteiger partial charge < -0.3 is 19.6 Å². The molecule has 1 amide bonds. The summed E-state index contributed by atoms with van der Waals surface area (Å²) < 4.78 is 11.2. The Bertz CT molecular complexity index is 756. The molecule has 0 aromatic carbocycles. The van der Waals surface area contributed by atoms with Gasteiger partial charge in [0, 0.05) is 20.0 Å². The van der Waals surface area contributed by atoms with Crippen LogP contribution in [0.1, 0.15) is 56.0 Å². The van der Waals surface area contributed by atoms with Crippen LogP contribution in [0.2, 0.25) is 0 Å². The maximum absolute atomic E-state index is 11.6. The van der Waals surface area contributed by atoms with Gasteiger partial charge >= 0.3 is 0 Å². The maximum atomic E-state index is 11.6. The highest BCUT2D eigenvalue weighted by molar-refractivity contribution is 5.74. The van der Waals surface area contributed by atoms with Crippen LogP contribution < -0.4 is 10.6 Å². The Labute approximate surface area is 139 Å². The summed E-state index contributed by atoms with van der Waals surface area (Å²) in [5.41, 5.74) is 0.0676. The van der Waals surface area contributed by atoms with Gasteiger partial charge in [-0.3, -0.25) is 4.79 Å². The molecule has 8 nitrogen and oxygen atoms in total. The van der Waals surface area contributed by atoms with Crippen molar-refractivity contribution in [2.24, 2.45) is 0 Å². The first kappa shape index (κ1) is 15.3. The van der Waals surface area contributed by atoms with Gasteiger partial charge in [-0.15, -0.1) is 0 Å². The zero-order chi connectivity index (χ0) is 16.7. The van der Waals surface area contributed by atoms with E-state index in [2.05, 4.69) is 25.8 Å². The highest BCUT2D eigenvalue weighted by Gasteiger charge is 2.41. The summed E-state index contributed by atoms with van der Waals surface area (Å²) in [6.07, 6.45) is 3.71. The molecule has 2 aromatic rings. The van der Waals surface area contributed by atoms with E-state index in [9.17, 15) is 4.79 Å². The van der Waals surface area contributed by atoms with Gasteiger partial charge in [-0.2, -0.15) is 4.98 Å². The number of rotatable bonds is 4. The van der Waals surface area contributed by atoms with Gasteiger partial charge in [0.15, 0.2) is 11.5 Å². The van der Waals surface area contributed by atoms with Gasteiger partial charge in [0.25, 0.3) is 5.89 Å². The van der Waals surface area contributed by atoms with E-state index in [0.717, 1.165) is 38.8 Å². The fourth-order valence-electron chi connectivity index (χ4n) is 3.49. The fraction of sp³-hybridized carbons (Fsp3) is 0.625. The molecule has 0 atom stereocenters. The lowest BCUT2D eigenvalue weighted by atomic mass is 9.96. The molecule has 0 bridgehead atoms. The second-order valence-corrected chi connectivity index (χ2v) is 6.71. The van der Waals surface area contributed by atoms with Crippen molar-refractivity contribution in [3.8, 4) is 11.6 Å². The predicted molar refractivity (Wildman–Crippen MR) is 84.1 cm³/mol. The van der Waals surface area contributed by atoms with Crippen LogP contribution in [0.15, 0.2) is 8.94 Å². The monoisotopic (exact) mass is 331 g/mol. The number of carbonyl (C=O) groups excluding carboxylic acids is 1. The number of aryl methyl sites for hydroxylation is 1. The molecule has 1 saturated carbocycles. The molecule has 0 radical (unpaired) electrons. The molecule has 2 fully saturated rings. The standard InChI is InChI=1S/C16H21N5O3/c1-9-12(18-13(23-9)11-7-17-8-11)14-19-15(21-24-14)16(20-10(2)22)5-3-4-6-16/h11,17H,3-8H2,1-2H3,(H,20,22). The highest BCUT2D eigenvalue weighted by Crippen LogP contribution is 2.38. The number of nitrogens with one attached hydrogen (secondary N) is 2. The fourth-order valence-corrected chi connectivity index (χ4v) is 3.49. The van der Waals surface area contributed by atoms with E-state index < -0.39 is 5.54 Å². The molecule has 4 rings (SSSR count). The van der Waals surface area contributed by atoms with E-state index >= 15 is 0 Å². The SMILES string of the molecule is CC(=O)NC1(c2noc(-c3nc(C4CNC4)oc3C)n2)CCCC1. The summed E-state index contributed by atoms with van der Waals surface area (Å²) in [7, 11) is 0. The normalized spacial score (nSPS) is 20.1. The van der Waals surface area contributed by atoms with E-state index in [0.29, 0.717) is 35.0 Å². The average molecular weight is 331 g/mol. The van der Waals surface area contributed by atoms with Crippen LogP contribution in [-0.2, 0) is 10.3 Å². The second-order valence-electron chi connectivity index (χ2n) is 6.71. The van der Waals surface area contributed by atoms with Gasteiger partial charge in [-0.05, 0) is 19.8 Å². The summed E-state index contributed by atoms with van der Waals surface area (Å²) in [6, 6.07) is 0. The van der Waals surface area contributed by atoms with E-state index in [1.807, 2.05) is 6.92 Å². The van der Waals surface area contributed by atoms with Gasteiger partial charge in [0.05, 0.1) is 5.92 Å². The average Bonchev–Trinajstić information content (AvgIpc) is 3.16. The molecule has 2 N–H and O–H groups in total. The van der Waals surface area contributed by atoms with Gasteiger partial charge in [-0.25, -0.2) is 4.98 Å². The highest BCUT2D eigenvalue weighted by atomic mass is 16.5. The Morgan fingerprint density at radius 1 is 1.29 bits per heavy atom. The Morgan fingerprint density at radius 2 is 2.04 bits per heavy atom. The molecular formula is C16H21N5O3. The molecule has 1 aliphatic carbocycles. The smallest absolute Gasteiger partial charge is 0.280 e. The van der Waals surface area contributed by atoms with Crippen LogP contribution in [0.5, 0.6) is 0 Å². The zero-order valence-corrected chi connectivity index (χ0v) is 13.9. The minimum Gasteiger partial charge on any atom is -0.445 e. The van der Waals surface area contributed by atoms with Gasteiger partial charge in [0.1, 0.15) is 11.3 Å². The molecule has 128 valence electrons. The van der Waals surface area contributed by atoms with Crippen LogP contribution in [0.4, 0.5) is 0 Å². The molecular weight excluding hydrogens is 310 g/mol. The number of aromatic nitrogens is 3. The third-order valence-electron chi connectivity index (χ3n) is 4.87. The maximum Gasteiger partial charge on any atom is 0.280 e. The number of carbonyl (C=O) groups is 1. The molecule has 0 spiro atoms. The predicted octanol–water partition coefficient (Wildman–Crippen LogP) is 1.63. The molecule has 1 saturated heterocycles. The molecule has 2 aromatic heterocycles. The minimum absolute atomic E-state index is 0.0827. The summed E-state index contributed by atoms with van der Waals surface area (Å²) >= 11 is 0. The van der Waals surface area contributed by atoms with E-state index in [1.54, 1.807) is 0 Å². The Hall–Kier alpha value is -2.22.